The second kappa shape index (κ2) is 6.97. The molecule has 0 aliphatic rings. The highest BCUT2D eigenvalue weighted by molar-refractivity contribution is 5.94. The molecule has 1 amide bonds. The number of nitrogens with zero attached hydrogens (tertiary/aromatic N) is 2. The highest BCUT2D eigenvalue weighted by atomic mass is 16.6. The standard InChI is InChI=1S/C13H18N2O5/c1-9-6-10(4-5-12(9)15(18)19)13(17)14(2)7-11(16)8-20-3/h4-6,11,16H,7-8H2,1-3H3. The molecule has 1 unspecified atom stereocenters. The van der Waals surface area contributed by atoms with Gasteiger partial charge in [-0.2, -0.15) is 0 Å². The van der Waals surface area contributed by atoms with Gasteiger partial charge in [0.1, 0.15) is 0 Å². The lowest BCUT2D eigenvalue weighted by molar-refractivity contribution is -0.385. The average Bonchev–Trinajstić information content (AvgIpc) is 2.37. The second-order valence-electron chi connectivity index (χ2n) is 4.55. The van der Waals surface area contributed by atoms with E-state index >= 15 is 0 Å². The minimum atomic E-state index is -0.770. The number of amides is 1. The lowest BCUT2D eigenvalue weighted by Gasteiger charge is -2.20. The first-order valence-electron chi connectivity index (χ1n) is 6.04. The maximum Gasteiger partial charge on any atom is 0.272 e. The van der Waals surface area contributed by atoms with Crippen LogP contribution in [0.5, 0.6) is 0 Å². The van der Waals surface area contributed by atoms with Gasteiger partial charge in [-0.25, -0.2) is 0 Å². The van der Waals surface area contributed by atoms with Crippen molar-refractivity contribution >= 4 is 11.6 Å². The molecule has 0 heterocycles. The first-order chi connectivity index (χ1) is 9.36. The number of nitro groups is 1. The molecule has 1 rings (SSSR count). The van der Waals surface area contributed by atoms with Crippen LogP contribution in [0.4, 0.5) is 5.69 Å². The van der Waals surface area contributed by atoms with Crippen LogP contribution in [0.1, 0.15) is 15.9 Å². The van der Waals surface area contributed by atoms with E-state index in [1.807, 2.05) is 0 Å². The maximum absolute atomic E-state index is 12.1. The van der Waals surface area contributed by atoms with Crippen molar-refractivity contribution in [2.75, 3.05) is 27.3 Å². The third-order valence-electron chi connectivity index (χ3n) is 2.83. The minimum absolute atomic E-state index is 0.0244. The largest absolute Gasteiger partial charge is 0.389 e. The van der Waals surface area contributed by atoms with Gasteiger partial charge < -0.3 is 14.7 Å². The second-order valence-corrected chi connectivity index (χ2v) is 4.55. The van der Waals surface area contributed by atoms with Gasteiger partial charge in [0.2, 0.25) is 0 Å². The molecule has 0 saturated carbocycles. The van der Waals surface area contributed by atoms with Gasteiger partial charge >= 0.3 is 0 Å². The number of hydrogen-bond acceptors (Lipinski definition) is 5. The number of likely N-dealkylation sites (N-methyl/N-ethyl adjacent to an activating group) is 1. The lowest BCUT2D eigenvalue weighted by Crippen LogP contribution is -2.36. The number of methoxy groups -OCH3 is 1. The van der Waals surface area contributed by atoms with Crippen LogP contribution in [-0.2, 0) is 4.74 Å². The first kappa shape index (κ1) is 16.1. The molecule has 110 valence electrons. The van der Waals surface area contributed by atoms with Crippen molar-refractivity contribution < 1.29 is 19.6 Å². The molecule has 1 aromatic rings. The number of ether oxygens (including phenoxy) is 1. The zero-order valence-corrected chi connectivity index (χ0v) is 11.7. The topological polar surface area (TPSA) is 92.9 Å². The van der Waals surface area contributed by atoms with E-state index in [-0.39, 0.29) is 24.7 Å². The van der Waals surface area contributed by atoms with E-state index in [4.69, 9.17) is 4.74 Å². The molecule has 20 heavy (non-hydrogen) atoms. The number of hydrogen-bond donors (Lipinski definition) is 1. The van der Waals surface area contributed by atoms with Crippen molar-refractivity contribution in [3.05, 3.63) is 39.4 Å². The van der Waals surface area contributed by atoms with E-state index in [0.29, 0.717) is 11.1 Å². The van der Waals surface area contributed by atoms with Crippen molar-refractivity contribution in [2.45, 2.75) is 13.0 Å². The Kier molecular flexibility index (Phi) is 5.60. The SMILES string of the molecule is COCC(O)CN(C)C(=O)c1ccc([N+](=O)[O-])c(C)c1. The fourth-order valence-electron chi connectivity index (χ4n) is 1.86. The summed E-state index contributed by atoms with van der Waals surface area (Å²) in [5.74, 6) is -0.307. The van der Waals surface area contributed by atoms with Crippen molar-refractivity contribution in [2.24, 2.45) is 0 Å². The van der Waals surface area contributed by atoms with Gasteiger partial charge in [-0.3, -0.25) is 14.9 Å². The van der Waals surface area contributed by atoms with Crippen LogP contribution in [0.2, 0.25) is 0 Å². The molecule has 7 nitrogen and oxygen atoms in total. The fourth-order valence-corrected chi connectivity index (χ4v) is 1.86. The predicted molar refractivity (Wildman–Crippen MR) is 72.7 cm³/mol. The summed E-state index contributed by atoms with van der Waals surface area (Å²) in [6.07, 6.45) is -0.770. The van der Waals surface area contributed by atoms with Crippen molar-refractivity contribution in [3.63, 3.8) is 0 Å². The zero-order valence-electron chi connectivity index (χ0n) is 11.7. The smallest absolute Gasteiger partial charge is 0.272 e. The summed E-state index contributed by atoms with van der Waals surface area (Å²) in [6.45, 7) is 1.84. The Morgan fingerprint density at radius 1 is 1.55 bits per heavy atom. The van der Waals surface area contributed by atoms with E-state index in [1.165, 1.54) is 30.2 Å². The van der Waals surface area contributed by atoms with E-state index in [0.717, 1.165) is 0 Å². The molecule has 0 fully saturated rings. The number of benzene rings is 1. The molecule has 0 radical (unpaired) electrons. The van der Waals surface area contributed by atoms with Crippen molar-refractivity contribution in [1.29, 1.82) is 0 Å². The molecule has 7 heteroatoms. The zero-order chi connectivity index (χ0) is 15.3. The lowest BCUT2D eigenvalue weighted by atomic mass is 10.1. The summed E-state index contributed by atoms with van der Waals surface area (Å²) >= 11 is 0. The van der Waals surface area contributed by atoms with Crippen LogP contribution in [0.3, 0.4) is 0 Å². The maximum atomic E-state index is 12.1. The number of aliphatic hydroxyl groups excluding tert-OH is 1. The molecule has 1 N–H and O–H groups in total. The Morgan fingerprint density at radius 3 is 2.70 bits per heavy atom. The number of aryl methyl sites for hydroxylation is 1. The van der Waals surface area contributed by atoms with Crippen LogP contribution in [-0.4, -0.2) is 54.3 Å². The average molecular weight is 282 g/mol. The highest BCUT2D eigenvalue weighted by Crippen LogP contribution is 2.19. The van der Waals surface area contributed by atoms with Crippen LogP contribution in [0, 0.1) is 17.0 Å². The predicted octanol–water partition coefficient (Wildman–Crippen LogP) is 0.983. The van der Waals surface area contributed by atoms with Gasteiger partial charge in [-0.05, 0) is 19.1 Å². The number of carbonyl (C=O) groups is 1. The van der Waals surface area contributed by atoms with Crippen LogP contribution < -0.4 is 0 Å². The molecule has 0 spiro atoms. The van der Waals surface area contributed by atoms with Crippen LogP contribution >= 0.6 is 0 Å². The summed E-state index contributed by atoms with van der Waals surface area (Å²) < 4.78 is 4.79. The minimum Gasteiger partial charge on any atom is -0.389 e. The van der Waals surface area contributed by atoms with E-state index in [9.17, 15) is 20.0 Å². The highest BCUT2D eigenvalue weighted by Gasteiger charge is 2.18. The van der Waals surface area contributed by atoms with Crippen LogP contribution in [0.25, 0.3) is 0 Å². The number of rotatable bonds is 6. The van der Waals surface area contributed by atoms with Gasteiger partial charge in [0, 0.05) is 37.9 Å². The van der Waals surface area contributed by atoms with Crippen molar-refractivity contribution in [1.82, 2.24) is 4.90 Å². The molecule has 0 aliphatic heterocycles. The van der Waals surface area contributed by atoms with E-state index in [1.54, 1.807) is 14.0 Å². The number of nitro benzene ring substituents is 1. The molecule has 0 saturated heterocycles. The van der Waals surface area contributed by atoms with Gasteiger partial charge in [0.05, 0.1) is 17.6 Å². The summed E-state index contributed by atoms with van der Waals surface area (Å²) in [7, 11) is 3.02. The first-order valence-corrected chi connectivity index (χ1v) is 6.04. The molecule has 0 aromatic heterocycles. The van der Waals surface area contributed by atoms with E-state index in [2.05, 4.69) is 0 Å². The summed E-state index contributed by atoms with van der Waals surface area (Å²) in [6, 6.07) is 4.19. The summed E-state index contributed by atoms with van der Waals surface area (Å²) in [5, 5.41) is 20.3. The quantitative estimate of drug-likeness (QED) is 0.620. The Bertz CT molecular complexity index is 504. The van der Waals surface area contributed by atoms with Gasteiger partial charge in [0.15, 0.2) is 0 Å². The normalized spacial score (nSPS) is 12.0. The molecular formula is C13H18N2O5. The number of carbonyl (C=O) groups excluding carboxylic acids is 1. The molecule has 1 aromatic carbocycles. The third-order valence-corrected chi connectivity index (χ3v) is 2.83. The molecular weight excluding hydrogens is 264 g/mol. The Balaban J connectivity index is 2.82. The number of aliphatic hydroxyl groups is 1. The van der Waals surface area contributed by atoms with Crippen molar-refractivity contribution in [3.8, 4) is 0 Å². The molecule has 0 bridgehead atoms. The molecule has 1 atom stereocenters. The van der Waals surface area contributed by atoms with E-state index < -0.39 is 11.0 Å². The monoisotopic (exact) mass is 282 g/mol. The Hall–Kier alpha value is -1.99. The van der Waals surface area contributed by atoms with Gasteiger partial charge in [0.25, 0.3) is 11.6 Å². The fraction of sp³-hybridized carbons (Fsp3) is 0.462. The van der Waals surface area contributed by atoms with Crippen LogP contribution in [0.15, 0.2) is 18.2 Å². The van der Waals surface area contributed by atoms with Gasteiger partial charge in [-0.15, -0.1) is 0 Å². The third kappa shape index (κ3) is 4.01. The summed E-state index contributed by atoms with van der Waals surface area (Å²) in [4.78, 5) is 23.7. The van der Waals surface area contributed by atoms with Gasteiger partial charge in [-0.1, -0.05) is 0 Å². The Morgan fingerprint density at radius 2 is 2.20 bits per heavy atom. The molecule has 0 aliphatic carbocycles. The summed E-state index contributed by atoms with van der Waals surface area (Å²) in [5.41, 5.74) is 0.746. The Labute approximate surface area is 116 Å².